The number of halogens is 1. The van der Waals surface area contributed by atoms with Crippen LogP contribution in [0.5, 0.6) is 0 Å². The fourth-order valence-corrected chi connectivity index (χ4v) is 4.42. The van der Waals surface area contributed by atoms with Crippen LogP contribution in [-0.4, -0.2) is 46.8 Å². The summed E-state index contributed by atoms with van der Waals surface area (Å²) >= 11 is 0. The number of fused-ring (bicyclic) bond motifs is 1. The zero-order chi connectivity index (χ0) is 24.4. The topological polar surface area (TPSA) is 85.2 Å². The van der Waals surface area contributed by atoms with Gasteiger partial charge in [-0.1, -0.05) is 24.3 Å². The van der Waals surface area contributed by atoms with Crippen LogP contribution >= 0.6 is 0 Å². The molecule has 1 aliphatic heterocycles. The van der Waals surface area contributed by atoms with E-state index >= 15 is 0 Å². The van der Waals surface area contributed by atoms with Crippen LogP contribution in [0, 0.1) is 17.1 Å². The third-order valence-electron chi connectivity index (χ3n) is 6.24. The van der Waals surface area contributed by atoms with Gasteiger partial charge in [0, 0.05) is 47.7 Å². The average Bonchev–Trinajstić information content (AvgIpc) is 2.89. The molecule has 8 heteroatoms. The number of piperazine rings is 1. The molecule has 7 nitrogen and oxygen atoms in total. The van der Waals surface area contributed by atoms with E-state index in [4.69, 9.17) is 5.26 Å². The fraction of sp³-hybridized carbons (Fsp3) is 0.185. The first kappa shape index (κ1) is 22.3. The Hall–Kier alpha value is -4.51. The molecule has 1 aromatic heterocycles. The van der Waals surface area contributed by atoms with E-state index in [1.807, 2.05) is 31.2 Å². The molecule has 0 unspecified atom stereocenters. The van der Waals surface area contributed by atoms with E-state index in [0.29, 0.717) is 36.6 Å². The van der Waals surface area contributed by atoms with Crippen molar-refractivity contribution in [3.05, 3.63) is 84.2 Å². The molecule has 4 aromatic rings. The van der Waals surface area contributed by atoms with Crippen LogP contribution in [-0.2, 0) is 0 Å². The summed E-state index contributed by atoms with van der Waals surface area (Å²) in [6.07, 6.45) is 0. The average molecular weight is 467 g/mol. The number of nitriles is 1. The Morgan fingerprint density at radius 3 is 2.40 bits per heavy atom. The van der Waals surface area contributed by atoms with Crippen LogP contribution < -0.4 is 10.2 Å². The van der Waals surface area contributed by atoms with Crippen molar-refractivity contribution in [2.24, 2.45) is 0 Å². The number of carbonyl (C=O) groups excluding carboxylic acids is 1. The van der Waals surface area contributed by atoms with Gasteiger partial charge in [0.05, 0.1) is 11.6 Å². The number of nitrogens with zero attached hydrogens (tertiary/aromatic N) is 5. The number of carbonyl (C=O) groups is 1. The Labute approximate surface area is 202 Å². The van der Waals surface area contributed by atoms with Gasteiger partial charge < -0.3 is 15.1 Å². The summed E-state index contributed by atoms with van der Waals surface area (Å²) in [5.74, 6) is 0.475. The molecule has 0 radical (unpaired) electrons. The fourth-order valence-electron chi connectivity index (χ4n) is 4.42. The number of hydrogen-bond donors (Lipinski definition) is 1. The van der Waals surface area contributed by atoms with E-state index < -0.39 is 0 Å². The summed E-state index contributed by atoms with van der Waals surface area (Å²) in [5, 5.41) is 22.8. The lowest BCUT2D eigenvalue weighted by Crippen LogP contribution is -2.55. The van der Waals surface area contributed by atoms with Gasteiger partial charge in [-0.05, 0) is 55.5 Å². The van der Waals surface area contributed by atoms with Crippen LogP contribution in [0.4, 0.5) is 20.7 Å². The molecule has 0 spiro atoms. The second-order valence-electron chi connectivity index (χ2n) is 8.53. The van der Waals surface area contributed by atoms with Gasteiger partial charge in [0.25, 0.3) is 0 Å². The summed E-state index contributed by atoms with van der Waals surface area (Å²) in [5.41, 5.74) is 2.71. The normalized spacial score (nSPS) is 15.6. The molecule has 1 atom stereocenters. The van der Waals surface area contributed by atoms with E-state index in [1.54, 1.807) is 41.3 Å². The number of amides is 2. The number of benzene rings is 3. The molecule has 1 saturated heterocycles. The van der Waals surface area contributed by atoms with Crippen LogP contribution in [0.3, 0.4) is 0 Å². The first-order valence-corrected chi connectivity index (χ1v) is 11.4. The largest absolute Gasteiger partial charge is 0.351 e. The van der Waals surface area contributed by atoms with Gasteiger partial charge in [0.2, 0.25) is 0 Å². The molecular weight excluding hydrogens is 443 g/mol. The van der Waals surface area contributed by atoms with Crippen molar-refractivity contribution < 1.29 is 9.18 Å². The van der Waals surface area contributed by atoms with Gasteiger partial charge in [-0.3, -0.25) is 0 Å². The third kappa shape index (κ3) is 4.49. The molecule has 1 fully saturated rings. The highest BCUT2D eigenvalue weighted by Gasteiger charge is 2.29. The molecule has 35 heavy (non-hydrogen) atoms. The van der Waals surface area contributed by atoms with E-state index in [0.717, 1.165) is 22.2 Å². The summed E-state index contributed by atoms with van der Waals surface area (Å²) in [6.45, 7) is 3.75. The highest BCUT2D eigenvalue weighted by molar-refractivity contribution is 6.00. The highest BCUT2D eigenvalue weighted by atomic mass is 19.1. The maximum atomic E-state index is 13.4. The van der Waals surface area contributed by atoms with Crippen molar-refractivity contribution in [2.75, 3.05) is 29.9 Å². The SMILES string of the molecule is C[C@@H]1CN(c2nnc(-c3ccc(F)cc3)c3ccccc23)CCN1C(=O)Nc1ccc(C#N)cc1. The molecule has 3 aromatic carbocycles. The number of nitrogens with one attached hydrogen (secondary N) is 1. The highest BCUT2D eigenvalue weighted by Crippen LogP contribution is 2.32. The van der Waals surface area contributed by atoms with Gasteiger partial charge in [0.1, 0.15) is 11.5 Å². The summed E-state index contributed by atoms with van der Waals surface area (Å²) in [6, 6.07) is 22.8. The van der Waals surface area contributed by atoms with Crippen LogP contribution in [0.2, 0.25) is 0 Å². The van der Waals surface area contributed by atoms with Gasteiger partial charge in [-0.15, -0.1) is 10.2 Å². The molecular formula is C27H23FN6O. The third-order valence-corrected chi connectivity index (χ3v) is 6.24. The van der Waals surface area contributed by atoms with Crippen LogP contribution in [0.25, 0.3) is 22.0 Å². The maximum Gasteiger partial charge on any atom is 0.322 e. The minimum Gasteiger partial charge on any atom is -0.351 e. The quantitative estimate of drug-likeness (QED) is 0.457. The Bertz CT molecular complexity index is 1410. The first-order valence-electron chi connectivity index (χ1n) is 11.4. The first-order chi connectivity index (χ1) is 17.0. The van der Waals surface area contributed by atoms with E-state index in [1.165, 1.54) is 12.1 Å². The Morgan fingerprint density at radius 1 is 1.00 bits per heavy atom. The van der Waals surface area contributed by atoms with Crippen molar-refractivity contribution in [1.82, 2.24) is 15.1 Å². The molecule has 1 N–H and O–H groups in total. The predicted molar refractivity (Wildman–Crippen MR) is 133 cm³/mol. The lowest BCUT2D eigenvalue weighted by Gasteiger charge is -2.40. The van der Waals surface area contributed by atoms with Gasteiger partial charge >= 0.3 is 6.03 Å². The number of aromatic nitrogens is 2. The molecule has 2 heterocycles. The van der Waals surface area contributed by atoms with E-state index in [-0.39, 0.29) is 17.9 Å². The smallest absolute Gasteiger partial charge is 0.322 e. The Balaban J connectivity index is 1.35. The Morgan fingerprint density at radius 2 is 1.71 bits per heavy atom. The van der Waals surface area contributed by atoms with Gasteiger partial charge in [-0.2, -0.15) is 5.26 Å². The minimum absolute atomic E-state index is 0.0560. The van der Waals surface area contributed by atoms with Gasteiger partial charge in [-0.25, -0.2) is 9.18 Å². The standard InChI is InChI=1S/C27H23FN6O/c1-18-17-33(14-15-34(18)27(35)30-22-12-6-19(16-29)7-13-22)26-24-5-3-2-4-23(24)25(31-32-26)20-8-10-21(28)11-9-20/h2-13,18H,14-15,17H2,1H3,(H,30,35)/t18-/m1/s1. The van der Waals surface area contributed by atoms with Crippen LogP contribution in [0.1, 0.15) is 12.5 Å². The summed E-state index contributed by atoms with van der Waals surface area (Å²) in [4.78, 5) is 16.8. The number of urea groups is 1. The lowest BCUT2D eigenvalue weighted by molar-refractivity contribution is 0.184. The molecule has 2 amide bonds. The lowest BCUT2D eigenvalue weighted by atomic mass is 10.0. The Kier molecular flexibility index (Phi) is 5.98. The van der Waals surface area contributed by atoms with Crippen molar-refractivity contribution in [3.8, 4) is 17.3 Å². The van der Waals surface area contributed by atoms with Crippen LogP contribution in [0.15, 0.2) is 72.8 Å². The molecule has 0 bridgehead atoms. The zero-order valence-electron chi connectivity index (χ0n) is 19.1. The monoisotopic (exact) mass is 466 g/mol. The maximum absolute atomic E-state index is 13.4. The molecule has 174 valence electrons. The number of anilines is 2. The van der Waals surface area contributed by atoms with Crippen molar-refractivity contribution in [3.63, 3.8) is 0 Å². The molecule has 1 aliphatic rings. The zero-order valence-corrected chi connectivity index (χ0v) is 19.1. The van der Waals surface area contributed by atoms with E-state index in [2.05, 4.69) is 26.5 Å². The molecule has 5 rings (SSSR count). The predicted octanol–water partition coefficient (Wildman–Crippen LogP) is 5.05. The molecule has 0 saturated carbocycles. The van der Waals surface area contributed by atoms with Crippen molar-refractivity contribution in [1.29, 1.82) is 5.26 Å². The minimum atomic E-state index is -0.294. The second-order valence-corrected chi connectivity index (χ2v) is 8.53. The summed E-state index contributed by atoms with van der Waals surface area (Å²) < 4.78 is 13.4. The summed E-state index contributed by atoms with van der Waals surface area (Å²) in [7, 11) is 0. The van der Waals surface area contributed by atoms with Crippen molar-refractivity contribution in [2.45, 2.75) is 13.0 Å². The van der Waals surface area contributed by atoms with Crippen molar-refractivity contribution >= 4 is 28.3 Å². The number of rotatable bonds is 3. The van der Waals surface area contributed by atoms with E-state index in [9.17, 15) is 9.18 Å². The second kappa shape index (κ2) is 9.39. The number of hydrogen-bond acceptors (Lipinski definition) is 5. The van der Waals surface area contributed by atoms with Gasteiger partial charge in [0.15, 0.2) is 5.82 Å². The molecule has 0 aliphatic carbocycles.